The molecule has 0 spiro atoms. The van der Waals surface area contributed by atoms with Crippen molar-refractivity contribution in [1.82, 2.24) is 4.98 Å². The average molecular weight is 283 g/mol. The maximum Gasteiger partial charge on any atom is 0.336 e. The van der Waals surface area contributed by atoms with Crippen molar-refractivity contribution in [1.29, 1.82) is 0 Å². The maximum absolute atomic E-state index is 13.9. The van der Waals surface area contributed by atoms with E-state index in [0.717, 1.165) is 0 Å². The topological polar surface area (TPSA) is 70.4 Å². The zero-order valence-corrected chi connectivity index (χ0v) is 10.7. The summed E-state index contributed by atoms with van der Waals surface area (Å²) in [5.74, 6) is -1.72. The number of carbonyl (C=O) groups is 1. The van der Waals surface area contributed by atoms with E-state index in [1.165, 1.54) is 36.4 Å². The molecule has 1 aromatic heterocycles. The second-order valence-corrected chi connectivity index (χ2v) is 4.55. The highest BCUT2D eigenvalue weighted by molar-refractivity contribution is 6.03. The van der Waals surface area contributed by atoms with Crippen LogP contribution in [0.4, 0.5) is 4.39 Å². The van der Waals surface area contributed by atoms with Gasteiger partial charge in [-0.2, -0.15) is 0 Å². The van der Waals surface area contributed by atoms with Gasteiger partial charge in [-0.05, 0) is 24.3 Å². The molecular weight excluding hydrogens is 273 g/mol. The molecule has 0 saturated carbocycles. The molecule has 0 radical (unpaired) electrons. The lowest BCUT2D eigenvalue weighted by Crippen LogP contribution is -2.01. The van der Waals surface area contributed by atoms with Crippen molar-refractivity contribution in [2.75, 3.05) is 0 Å². The molecule has 21 heavy (non-hydrogen) atoms. The zero-order valence-electron chi connectivity index (χ0n) is 10.7. The highest BCUT2D eigenvalue weighted by Gasteiger charge is 2.15. The molecule has 104 valence electrons. The second kappa shape index (κ2) is 4.86. The van der Waals surface area contributed by atoms with Crippen molar-refractivity contribution in [3.63, 3.8) is 0 Å². The van der Waals surface area contributed by atoms with E-state index in [0.29, 0.717) is 11.3 Å². The van der Waals surface area contributed by atoms with E-state index in [-0.39, 0.29) is 22.2 Å². The molecule has 0 aliphatic heterocycles. The molecule has 0 fully saturated rings. The Hall–Kier alpha value is -2.95. The Labute approximate surface area is 119 Å². The van der Waals surface area contributed by atoms with Gasteiger partial charge in [0.15, 0.2) is 0 Å². The number of para-hydroxylation sites is 1. The molecule has 0 unspecified atom stereocenters. The van der Waals surface area contributed by atoms with Crippen LogP contribution in [0.1, 0.15) is 10.4 Å². The van der Waals surface area contributed by atoms with Crippen LogP contribution < -0.4 is 0 Å². The molecule has 0 bridgehead atoms. The van der Waals surface area contributed by atoms with Crippen molar-refractivity contribution < 1.29 is 19.4 Å². The first-order valence-corrected chi connectivity index (χ1v) is 6.18. The fourth-order valence-corrected chi connectivity index (χ4v) is 2.20. The number of halogens is 1. The van der Waals surface area contributed by atoms with Crippen LogP contribution in [0, 0.1) is 5.82 Å². The summed E-state index contributed by atoms with van der Waals surface area (Å²) >= 11 is 0. The van der Waals surface area contributed by atoms with Crippen LogP contribution in [0.2, 0.25) is 0 Å². The van der Waals surface area contributed by atoms with Crippen LogP contribution in [-0.4, -0.2) is 21.2 Å². The average Bonchev–Trinajstić information content (AvgIpc) is 2.46. The summed E-state index contributed by atoms with van der Waals surface area (Å²) in [6.07, 6.45) is 0. The number of hydrogen-bond donors (Lipinski definition) is 2. The molecule has 0 aliphatic rings. The molecule has 1 heterocycles. The third-order valence-electron chi connectivity index (χ3n) is 3.16. The number of aromatic hydroxyl groups is 1. The van der Waals surface area contributed by atoms with Gasteiger partial charge in [-0.3, -0.25) is 0 Å². The van der Waals surface area contributed by atoms with Gasteiger partial charge in [-0.25, -0.2) is 14.2 Å². The van der Waals surface area contributed by atoms with Crippen LogP contribution in [0.5, 0.6) is 5.75 Å². The summed E-state index contributed by atoms with van der Waals surface area (Å²) < 4.78 is 13.9. The Morgan fingerprint density at radius 3 is 2.57 bits per heavy atom. The quantitative estimate of drug-likeness (QED) is 0.755. The van der Waals surface area contributed by atoms with Gasteiger partial charge in [0, 0.05) is 10.9 Å². The lowest BCUT2D eigenvalue weighted by atomic mass is 10.0. The Morgan fingerprint density at radius 2 is 1.86 bits per heavy atom. The SMILES string of the molecule is O=C(O)c1cc(-c2cccc(O)c2)nc2c(F)cccc12. The van der Waals surface area contributed by atoms with Gasteiger partial charge in [0.05, 0.1) is 11.3 Å². The molecule has 0 aliphatic carbocycles. The van der Waals surface area contributed by atoms with E-state index in [2.05, 4.69) is 4.98 Å². The number of aromatic nitrogens is 1. The molecule has 0 amide bonds. The van der Waals surface area contributed by atoms with Crippen molar-refractivity contribution in [2.24, 2.45) is 0 Å². The molecule has 3 aromatic rings. The van der Waals surface area contributed by atoms with Gasteiger partial charge in [-0.1, -0.05) is 24.3 Å². The Kier molecular flexibility index (Phi) is 3.02. The van der Waals surface area contributed by atoms with Crippen LogP contribution in [0.3, 0.4) is 0 Å². The number of benzene rings is 2. The van der Waals surface area contributed by atoms with Crippen LogP contribution in [0.15, 0.2) is 48.5 Å². The predicted octanol–water partition coefficient (Wildman–Crippen LogP) is 3.44. The highest BCUT2D eigenvalue weighted by Crippen LogP contribution is 2.28. The van der Waals surface area contributed by atoms with E-state index >= 15 is 0 Å². The fraction of sp³-hybridized carbons (Fsp3) is 0. The normalized spacial score (nSPS) is 10.7. The Bertz CT molecular complexity index is 861. The Balaban J connectivity index is 2.35. The van der Waals surface area contributed by atoms with Crippen LogP contribution >= 0.6 is 0 Å². The molecular formula is C16H10FNO3. The lowest BCUT2D eigenvalue weighted by molar-refractivity contribution is 0.0699. The standard InChI is InChI=1S/C16H10FNO3/c17-13-6-2-5-11-12(16(20)21)8-14(18-15(11)13)9-3-1-4-10(19)7-9/h1-8,19H,(H,20,21). The molecule has 3 rings (SSSR count). The number of rotatable bonds is 2. The minimum Gasteiger partial charge on any atom is -0.508 e. The van der Waals surface area contributed by atoms with Crippen molar-refractivity contribution in [3.05, 3.63) is 59.9 Å². The summed E-state index contributed by atoms with van der Waals surface area (Å²) in [5.41, 5.74) is 0.775. The minimum absolute atomic E-state index is 0.00394. The molecule has 2 aromatic carbocycles. The van der Waals surface area contributed by atoms with E-state index in [1.807, 2.05) is 0 Å². The number of carboxylic acids is 1. The summed E-state index contributed by atoms with van der Waals surface area (Å²) in [6.45, 7) is 0. The van der Waals surface area contributed by atoms with Gasteiger partial charge in [-0.15, -0.1) is 0 Å². The Morgan fingerprint density at radius 1 is 1.10 bits per heavy atom. The maximum atomic E-state index is 13.9. The number of phenols is 1. The number of nitrogens with zero attached hydrogens (tertiary/aromatic N) is 1. The van der Waals surface area contributed by atoms with Gasteiger partial charge in [0.2, 0.25) is 0 Å². The van der Waals surface area contributed by atoms with E-state index < -0.39 is 11.8 Å². The highest BCUT2D eigenvalue weighted by atomic mass is 19.1. The first-order valence-electron chi connectivity index (χ1n) is 6.18. The van der Waals surface area contributed by atoms with Crippen molar-refractivity contribution in [2.45, 2.75) is 0 Å². The summed E-state index contributed by atoms with van der Waals surface area (Å²) in [5, 5.41) is 19.0. The molecule has 0 atom stereocenters. The summed E-state index contributed by atoms with van der Waals surface area (Å²) in [7, 11) is 0. The van der Waals surface area contributed by atoms with Gasteiger partial charge < -0.3 is 10.2 Å². The first kappa shape index (κ1) is 13.1. The number of fused-ring (bicyclic) bond motifs is 1. The summed E-state index contributed by atoms with van der Waals surface area (Å²) in [4.78, 5) is 15.6. The van der Waals surface area contributed by atoms with E-state index in [1.54, 1.807) is 12.1 Å². The third kappa shape index (κ3) is 2.29. The number of phenolic OH excluding ortho intramolecular Hbond substituents is 1. The van der Waals surface area contributed by atoms with Gasteiger partial charge in [0.1, 0.15) is 17.1 Å². The third-order valence-corrected chi connectivity index (χ3v) is 3.16. The molecule has 0 saturated heterocycles. The van der Waals surface area contributed by atoms with Crippen molar-refractivity contribution >= 4 is 16.9 Å². The lowest BCUT2D eigenvalue weighted by Gasteiger charge is -2.08. The van der Waals surface area contributed by atoms with E-state index in [9.17, 15) is 19.4 Å². The largest absolute Gasteiger partial charge is 0.508 e. The number of hydrogen-bond acceptors (Lipinski definition) is 3. The zero-order chi connectivity index (χ0) is 15.0. The molecule has 4 nitrogen and oxygen atoms in total. The monoisotopic (exact) mass is 283 g/mol. The number of pyridine rings is 1. The predicted molar refractivity (Wildman–Crippen MR) is 75.8 cm³/mol. The van der Waals surface area contributed by atoms with E-state index in [4.69, 9.17) is 0 Å². The van der Waals surface area contributed by atoms with Gasteiger partial charge >= 0.3 is 5.97 Å². The smallest absolute Gasteiger partial charge is 0.336 e. The minimum atomic E-state index is -1.16. The second-order valence-electron chi connectivity index (χ2n) is 4.55. The molecule has 2 N–H and O–H groups in total. The number of carboxylic acid groups (broad SMARTS) is 1. The molecule has 5 heteroatoms. The van der Waals surface area contributed by atoms with Crippen molar-refractivity contribution in [3.8, 4) is 17.0 Å². The van der Waals surface area contributed by atoms with Crippen LogP contribution in [0.25, 0.3) is 22.2 Å². The summed E-state index contributed by atoms with van der Waals surface area (Å²) in [6, 6.07) is 11.8. The number of aromatic carboxylic acids is 1. The fourth-order valence-electron chi connectivity index (χ4n) is 2.20. The van der Waals surface area contributed by atoms with Gasteiger partial charge in [0.25, 0.3) is 0 Å². The van der Waals surface area contributed by atoms with Crippen LogP contribution in [-0.2, 0) is 0 Å². The first-order chi connectivity index (χ1) is 10.1.